The molecule has 0 atom stereocenters. The highest BCUT2D eigenvalue weighted by Gasteiger charge is 2.17. The second-order valence-corrected chi connectivity index (χ2v) is 10.6. The molecule has 0 spiro atoms. The van der Waals surface area contributed by atoms with Crippen LogP contribution in [0.4, 0.5) is 10.8 Å². The van der Waals surface area contributed by atoms with Gasteiger partial charge in [-0.2, -0.15) is 0 Å². The first kappa shape index (κ1) is 24.3. The van der Waals surface area contributed by atoms with Gasteiger partial charge in [-0.05, 0) is 62.7 Å². The molecule has 32 heavy (non-hydrogen) atoms. The third-order valence-electron chi connectivity index (χ3n) is 4.40. The average molecular weight is 514 g/mol. The normalized spacial score (nSPS) is 11.2. The number of nitrogens with one attached hydrogen (secondary N) is 2. The first-order valence-corrected chi connectivity index (χ1v) is 12.6. The number of rotatable bonds is 9. The maximum absolute atomic E-state index is 12.5. The molecule has 0 bridgehead atoms. The Labute approximate surface area is 200 Å². The van der Waals surface area contributed by atoms with Crippen LogP contribution in [0, 0.1) is 13.8 Å². The predicted molar refractivity (Wildman–Crippen MR) is 129 cm³/mol. The van der Waals surface area contributed by atoms with E-state index in [1.807, 2.05) is 13.8 Å². The molecule has 0 fully saturated rings. The number of ether oxygens (including phenoxy) is 1. The summed E-state index contributed by atoms with van der Waals surface area (Å²) < 4.78 is 33.1. The van der Waals surface area contributed by atoms with E-state index in [9.17, 15) is 13.2 Å². The summed E-state index contributed by atoms with van der Waals surface area (Å²) in [5.41, 5.74) is 1.28. The summed E-state index contributed by atoms with van der Waals surface area (Å²) in [6.07, 6.45) is 0.712. The second-order valence-electron chi connectivity index (χ2n) is 6.87. The molecule has 0 saturated carbocycles. The van der Waals surface area contributed by atoms with E-state index in [-0.39, 0.29) is 17.2 Å². The number of benzene rings is 2. The SMILES string of the molecule is Cc1nc(NS(=O)(=O)c2ccc(NC(=O)CCCOc3ccc(Cl)cc3Cl)cc2)sc1C. The van der Waals surface area contributed by atoms with E-state index in [0.717, 1.165) is 10.6 Å². The van der Waals surface area contributed by atoms with Gasteiger partial charge in [0.05, 0.1) is 22.2 Å². The van der Waals surface area contributed by atoms with E-state index in [1.165, 1.54) is 35.6 Å². The quantitative estimate of drug-likeness (QED) is 0.359. The van der Waals surface area contributed by atoms with Gasteiger partial charge in [0.15, 0.2) is 5.13 Å². The molecule has 0 aliphatic carbocycles. The van der Waals surface area contributed by atoms with Crippen molar-refractivity contribution in [2.45, 2.75) is 31.6 Å². The lowest BCUT2D eigenvalue weighted by molar-refractivity contribution is -0.116. The highest BCUT2D eigenvalue weighted by atomic mass is 35.5. The molecular formula is C21H21Cl2N3O4S2. The van der Waals surface area contributed by atoms with Crippen LogP contribution in [0.5, 0.6) is 5.75 Å². The zero-order chi connectivity index (χ0) is 23.3. The number of aryl methyl sites for hydroxylation is 2. The average Bonchev–Trinajstić information content (AvgIpc) is 3.03. The molecular weight excluding hydrogens is 493 g/mol. The number of anilines is 2. The van der Waals surface area contributed by atoms with Crippen LogP contribution >= 0.6 is 34.5 Å². The van der Waals surface area contributed by atoms with E-state index >= 15 is 0 Å². The van der Waals surface area contributed by atoms with Gasteiger partial charge in [-0.15, -0.1) is 11.3 Å². The van der Waals surface area contributed by atoms with Gasteiger partial charge in [-0.3, -0.25) is 9.52 Å². The van der Waals surface area contributed by atoms with Gasteiger partial charge < -0.3 is 10.1 Å². The molecule has 1 aromatic heterocycles. The van der Waals surface area contributed by atoms with Gasteiger partial charge in [0, 0.05) is 22.0 Å². The van der Waals surface area contributed by atoms with Crippen molar-refractivity contribution in [3.63, 3.8) is 0 Å². The summed E-state index contributed by atoms with van der Waals surface area (Å²) in [6.45, 7) is 4.01. The Morgan fingerprint density at radius 1 is 1.12 bits per heavy atom. The molecule has 2 aromatic carbocycles. The van der Waals surface area contributed by atoms with Crippen LogP contribution in [0.15, 0.2) is 47.4 Å². The number of amides is 1. The molecule has 170 valence electrons. The maximum Gasteiger partial charge on any atom is 0.263 e. The van der Waals surface area contributed by atoms with Crippen LogP contribution in [0.1, 0.15) is 23.4 Å². The van der Waals surface area contributed by atoms with Crippen molar-refractivity contribution in [2.24, 2.45) is 0 Å². The molecule has 0 aliphatic heterocycles. The molecule has 0 unspecified atom stereocenters. The lowest BCUT2D eigenvalue weighted by atomic mass is 10.2. The van der Waals surface area contributed by atoms with Crippen molar-refractivity contribution in [1.82, 2.24) is 4.98 Å². The van der Waals surface area contributed by atoms with Gasteiger partial charge in [0.25, 0.3) is 10.0 Å². The van der Waals surface area contributed by atoms with E-state index in [4.69, 9.17) is 27.9 Å². The molecule has 0 radical (unpaired) electrons. The third kappa shape index (κ3) is 6.59. The molecule has 0 aliphatic rings. The van der Waals surface area contributed by atoms with Crippen molar-refractivity contribution in [2.75, 3.05) is 16.6 Å². The predicted octanol–water partition coefficient (Wildman–Crippen LogP) is 5.67. The Morgan fingerprint density at radius 2 is 1.84 bits per heavy atom. The second kappa shape index (κ2) is 10.5. The van der Waals surface area contributed by atoms with Gasteiger partial charge in [0.1, 0.15) is 5.75 Å². The van der Waals surface area contributed by atoms with Crippen LogP contribution in [0.25, 0.3) is 0 Å². The zero-order valence-corrected chi connectivity index (χ0v) is 20.5. The summed E-state index contributed by atoms with van der Waals surface area (Å²) in [4.78, 5) is 17.4. The molecule has 2 N–H and O–H groups in total. The fraction of sp³-hybridized carbons (Fsp3) is 0.238. The highest BCUT2D eigenvalue weighted by molar-refractivity contribution is 7.93. The molecule has 1 heterocycles. The summed E-state index contributed by atoms with van der Waals surface area (Å²) in [5, 5.41) is 3.98. The molecule has 1 amide bonds. The Kier molecular flexibility index (Phi) is 8.00. The van der Waals surface area contributed by atoms with Crippen LogP contribution in [-0.2, 0) is 14.8 Å². The van der Waals surface area contributed by atoms with Crippen molar-refractivity contribution < 1.29 is 17.9 Å². The summed E-state index contributed by atoms with van der Waals surface area (Å²) >= 11 is 13.2. The van der Waals surface area contributed by atoms with Crippen molar-refractivity contribution in [3.05, 3.63) is 63.1 Å². The fourth-order valence-corrected chi connectivity index (χ4v) is 5.15. The number of halogens is 2. The third-order valence-corrected chi connectivity index (χ3v) is 7.40. The van der Waals surface area contributed by atoms with E-state index in [0.29, 0.717) is 39.6 Å². The minimum atomic E-state index is -3.76. The van der Waals surface area contributed by atoms with Crippen molar-refractivity contribution >= 4 is 61.3 Å². The molecule has 7 nitrogen and oxygen atoms in total. The van der Waals surface area contributed by atoms with Gasteiger partial charge in [0.2, 0.25) is 5.91 Å². The number of carbonyl (C=O) groups excluding carboxylic acids is 1. The number of thiazole rings is 1. The first-order chi connectivity index (χ1) is 15.1. The number of hydrogen-bond acceptors (Lipinski definition) is 6. The number of sulfonamides is 1. The summed E-state index contributed by atoms with van der Waals surface area (Å²) in [5.74, 6) is 0.295. The van der Waals surface area contributed by atoms with Crippen molar-refractivity contribution in [3.8, 4) is 5.75 Å². The molecule has 3 aromatic rings. The van der Waals surface area contributed by atoms with E-state index < -0.39 is 10.0 Å². The Bertz CT molecular complexity index is 1190. The summed E-state index contributed by atoms with van der Waals surface area (Å²) in [6, 6.07) is 10.9. The lowest BCUT2D eigenvalue weighted by Gasteiger charge is -2.09. The number of hydrogen-bond donors (Lipinski definition) is 2. The minimum absolute atomic E-state index is 0.0780. The van der Waals surface area contributed by atoms with Gasteiger partial charge in [-0.1, -0.05) is 23.2 Å². The first-order valence-electron chi connectivity index (χ1n) is 9.58. The van der Waals surface area contributed by atoms with Crippen LogP contribution in [0.3, 0.4) is 0 Å². The molecule has 3 rings (SSSR count). The lowest BCUT2D eigenvalue weighted by Crippen LogP contribution is -2.14. The standard InChI is InChI=1S/C21H21Cl2N3O4S2/c1-13-14(2)31-21(24-13)26-32(28,29)17-8-6-16(7-9-17)25-20(27)4-3-11-30-19-10-5-15(22)12-18(19)23/h5-10,12H,3-4,11H2,1-2H3,(H,24,26)(H,25,27). The Morgan fingerprint density at radius 3 is 2.47 bits per heavy atom. The topological polar surface area (TPSA) is 97.4 Å². The van der Waals surface area contributed by atoms with Gasteiger partial charge >= 0.3 is 0 Å². The number of carbonyl (C=O) groups is 1. The summed E-state index contributed by atoms with van der Waals surface area (Å²) in [7, 11) is -3.76. The Hall–Kier alpha value is -2.33. The highest BCUT2D eigenvalue weighted by Crippen LogP contribution is 2.28. The maximum atomic E-state index is 12.5. The molecule has 11 heteroatoms. The number of nitrogens with zero attached hydrogens (tertiary/aromatic N) is 1. The number of aromatic nitrogens is 1. The fourth-order valence-electron chi connectivity index (χ4n) is 2.64. The van der Waals surface area contributed by atoms with Crippen LogP contribution in [0.2, 0.25) is 10.0 Å². The zero-order valence-electron chi connectivity index (χ0n) is 17.3. The Balaban J connectivity index is 1.48. The monoisotopic (exact) mass is 513 g/mol. The van der Waals surface area contributed by atoms with E-state index in [1.54, 1.807) is 18.2 Å². The molecule has 0 saturated heterocycles. The van der Waals surface area contributed by atoms with Gasteiger partial charge in [-0.25, -0.2) is 13.4 Å². The van der Waals surface area contributed by atoms with E-state index in [2.05, 4.69) is 15.0 Å². The van der Waals surface area contributed by atoms with Crippen molar-refractivity contribution in [1.29, 1.82) is 0 Å². The van der Waals surface area contributed by atoms with Crippen LogP contribution in [-0.4, -0.2) is 25.9 Å². The smallest absolute Gasteiger partial charge is 0.263 e. The minimum Gasteiger partial charge on any atom is -0.492 e. The largest absolute Gasteiger partial charge is 0.492 e. The van der Waals surface area contributed by atoms with Crippen LogP contribution < -0.4 is 14.8 Å².